The maximum atomic E-state index is 13.7. The molecule has 36 heavy (non-hydrogen) atoms. The standard InChI is InChI=1S/C27H25IN4O4/c1-16(17-5-3-2-4-6-17)24(25-29-21-12-9-19(28)15-22(21)30-25)32-26(34)23(31-27(32)35)18-7-10-20(11-8-18)36-14-13-33/h2-12,15-16,23-24,33H,13-14H2,1H3,(H,29,30)(H,31,35)/t16-,23+,24?/m0/s1. The molecule has 1 aliphatic heterocycles. The molecule has 5 rings (SSSR count). The van der Waals surface area contributed by atoms with Gasteiger partial charge in [0.15, 0.2) is 0 Å². The van der Waals surface area contributed by atoms with Crippen molar-refractivity contribution in [2.24, 2.45) is 0 Å². The van der Waals surface area contributed by atoms with Crippen LogP contribution in [-0.2, 0) is 4.79 Å². The smallest absolute Gasteiger partial charge is 0.325 e. The van der Waals surface area contributed by atoms with E-state index in [0.29, 0.717) is 17.1 Å². The normalized spacial score (nSPS) is 17.3. The summed E-state index contributed by atoms with van der Waals surface area (Å²) in [7, 11) is 0. The molecule has 8 nitrogen and oxygen atoms in total. The molecule has 1 fully saturated rings. The van der Waals surface area contributed by atoms with E-state index in [2.05, 4.69) is 32.9 Å². The summed E-state index contributed by atoms with van der Waals surface area (Å²) >= 11 is 2.24. The number of halogens is 1. The van der Waals surface area contributed by atoms with Gasteiger partial charge >= 0.3 is 6.03 Å². The highest BCUT2D eigenvalue weighted by Gasteiger charge is 2.46. The van der Waals surface area contributed by atoms with Crippen molar-refractivity contribution in [3.63, 3.8) is 0 Å². The summed E-state index contributed by atoms with van der Waals surface area (Å²) in [6.07, 6.45) is 0. The summed E-state index contributed by atoms with van der Waals surface area (Å²) in [5, 5.41) is 11.8. The number of aromatic amines is 1. The number of benzene rings is 3. The number of fused-ring (bicyclic) bond motifs is 1. The van der Waals surface area contributed by atoms with Crippen molar-refractivity contribution < 1.29 is 19.4 Å². The SMILES string of the molecule is C[C@@H](c1ccccc1)C(c1nc2cc(I)ccc2[nH]1)N1C(=O)N[C@H](c2ccc(OCCO)cc2)C1=O. The van der Waals surface area contributed by atoms with Crippen LogP contribution >= 0.6 is 22.6 Å². The summed E-state index contributed by atoms with van der Waals surface area (Å²) < 4.78 is 6.46. The van der Waals surface area contributed by atoms with Crippen molar-refractivity contribution in [3.8, 4) is 5.75 Å². The lowest BCUT2D eigenvalue weighted by atomic mass is 9.91. The highest BCUT2D eigenvalue weighted by Crippen LogP contribution is 2.39. The summed E-state index contributed by atoms with van der Waals surface area (Å²) in [5.41, 5.74) is 3.27. The Labute approximate surface area is 221 Å². The van der Waals surface area contributed by atoms with E-state index in [9.17, 15) is 9.59 Å². The van der Waals surface area contributed by atoms with E-state index in [1.807, 2.05) is 55.5 Å². The number of amides is 3. The van der Waals surface area contributed by atoms with Crippen LogP contribution < -0.4 is 10.1 Å². The van der Waals surface area contributed by atoms with Crippen LogP contribution in [0.1, 0.15) is 41.9 Å². The second-order valence-corrected chi connectivity index (χ2v) is 9.91. The summed E-state index contributed by atoms with van der Waals surface area (Å²) in [6, 6.07) is 20.7. The van der Waals surface area contributed by atoms with E-state index in [1.165, 1.54) is 4.90 Å². The minimum Gasteiger partial charge on any atom is -0.491 e. The number of aliphatic hydroxyl groups is 1. The van der Waals surface area contributed by atoms with Gasteiger partial charge in [0.05, 0.1) is 17.6 Å². The first-order valence-electron chi connectivity index (χ1n) is 11.6. The highest BCUT2D eigenvalue weighted by molar-refractivity contribution is 14.1. The number of nitrogens with one attached hydrogen (secondary N) is 2. The van der Waals surface area contributed by atoms with Crippen LogP contribution in [0.25, 0.3) is 11.0 Å². The number of ether oxygens (including phenoxy) is 1. The van der Waals surface area contributed by atoms with Gasteiger partial charge in [-0.3, -0.25) is 9.69 Å². The molecule has 3 atom stereocenters. The van der Waals surface area contributed by atoms with Gasteiger partial charge in [-0.05, 0) is 64.0 Å². The maximum Gasteiger partial charge on any atom is 0.325 e. The Morgan fingerprint density at radius 2 is 1.83 bits per heavy atom. The molecule has 3 aromatic carbocycles. The lowest BCUT2D eigenvalue weighted by molar-refractivity contribution is -0.129. The quantitative estimate of drug-likeness (QED) is 0.202. The second-order valence-electron chi connectivity index (χ2n) is 8.66. The van der Waals surface area contributed by atoms with Crippen LogP contribution in [0.2, 0.25) is 0 Å². The van der Waals surface area contributed by atoms with E-state index in [0.717, 1.165) is 20.2 Å². The van der Waals surface area contributed by atoms with Crippen LogP contribution in [0.3, 0.4) is 0 Å². The molecular formula is C27H25IN4O4. The fourth-order valence-corrected chi connectivity index (χ4v) is 5.04. The molecule has 3 amide bonds. The Kier molecular flexibility index (Phi) is 6.92. The van der Waals surface area contributed by atoms with E-state index in [1.54, 1.807) is 24.3 Å². The Hall–Kier alpha value is -3.44. The zero-order chi connectivity index (χ0) is 25.2. The van der Waals surface area contributed by atoms with E-state index in [4.69, 9.17) is 14.8 Å². The third kappa shape index (κ3) is 4.68. The average Bonchev–Trinajstić information content (AvgIpc) is 3.44. The number of carbonyl (C=O) groups is 2. The number of imidazole rings is 1. The monoisotopic (exact) mass is 596 g/mol. The Morgan fingerprint density at radius 1 is 1.08 bits per heavy atom. The third-order valence-corrected chi connectivity index (χ3v) is 7.04. The molecule has 4 aromatic rings. The van der Waals surface area contributed by atoms with Gasteiger partial charge in [0.25, 0.3) is 5.91 Å². The zero-order valence-electron chi connectivity index (χ0n) is 19.5. The summed E-state index contributed by atoms with van der Waals surface area (Å²) in [5.74, 6) is 0.578. The van der Waals surface area contributed by atoms with E-state index in [-0.39, 0.29) is 25.0 Å². The van der Waals surface area contributed by atoms with E-state index < -0.39 is 18.1 Å². The minimum absolute atomic E-state index is 0.0875. The van der Waals surface area contributed by atoms with Crippen molar-refractivity contribution in [2.45, 2.75) is 24.9 Å². The van der Waals surface area contributed by atoms with Gasteiger partial charge < -0.3 is 20.1 Å². The first kappa shape index (κ1) is 24.3. The van der Waals surface area contributed by atoms with Crippen molar-refractivity contribution >= 4 is 45.6 Å². The van der Waals surface area contributed by atoms with Crippen LogP contribution in [-0.4, -0.2) is 45.1 Å². The van der Waals surface area contributed by atoms with Crippen LogP contribution in [0.15, 0.2) is 72.8 Å². The van der Waals surface area contributed by atoms with Gasteiger partial charge in [-0.15, -0.1) is 0 Å². The van der Waals surface area contributed by atoms with Gasteiger partial charge in [-0.2, -0.15) is 0 Å². The molecule has 3 N–H and O–H groups in total. The van der Waals surface area contributed by atoms with Crippen molar-refractivity contribution in [3.05, 3.63) is 93.3 Å². The van der Waals surface area contributed by atoms with Crippen LogP contribution in [0.5, 0.6) is 5.75 Å². The number of hydrogen-bond acceptors (Lipinski definition) is 5. The molecule has 1 aliphatic rings. The third-order valence-electron chi connectivity index (χ3n) is 6.37. The molecule has 184 valence electrons. The number of aliphatic hydroxyl groups excluding tert-OH is 1. The highest BCUT2D eigenvalue weighted by atomic mass is 127. The van der Waals surface area contributed by atoms with Gasteiger partial charge in [0, 0.05) is 9.49 Å². The number of H-pyrrole nitrogens is 1. The number of urea groups is 1. The molecular weight excluding hydrogens is 571 g/mol. The molecule has 0 spiro atoms. The Bertz CT molecular complexity index is 1390. The predicted octanol–water partition coefficient (Wildman–Crippen LogP) is 4.68. The average molecular weight is 596 g/mol. The molecule has 0 radical (unpaired) electrons. The van der Waals surface area contributed by atoms with Gasteiger partial charge in [0.1, 0.15) is 30.3 Å². The molecule has 2 heterocycles. The van der Waals surface area contributed by atoms with Gasteiger partial charge in [-0.25, -0.2) is 9.78 Å². The molecule has 0 saturated carbocycles. The lowest BCUT2D eigenvalue weighted by Crippen LogP contribution is -2.38. The lowest BCUT2D eigenvalue weighted by Gasteiger charge is -2.29. The molecule has 9 heteroatoms. The topological polar surface area (TPSA) is 108 Å². The number of nitrogens with zero attached hydrogens (tertiary/aromatic N) is 2. The fraction of sp³-hybridized carbons (Fsp3) is 0.222. The molecule has 1 aromatic heterocycles. The molecule has 0 bridgehead atoms. The van der Waals surface area contributed by atoms with Crippen molar-refractivity contribution in [1.82, 2.24) is 20.2 Å². The number of imide groups is 1. The number of aromatic nitrogens is 2. The molecule has 1 unspecified atom stereocenters. The summed E-state index contributed by atoms with van der Waals surface area (Å²) in [6.45, 7) is 2.09. The fourth-order valence-electron chi connectivity index (χ4n) is 4.56. The molecule has 0 aliphatic carbocycles. The number of carbonyl (C=O) groups excluding carboxylic acids is 2. The first-order valence-corrected chi connectivity index (χ1v) is 12.7. The van der Waals surface area contributed by atoms with E-state index >= 15 is 0 Å². The van der Waals surface area contributed by atoms with Gasteiger partial charge in [0.2, 0.25) is 0 Å². The Morgan fingerprint density at radius 3 is 2.56 bits per heavy atom. The van der Waals surface area contributed by atoms with Gasteiger partial charge in [-0.1, -0.05) is 49.4 Å². The van der Waals surface area contributed by atoms with Crippen LogP contribution in [0.4, 0.5) is 4.79 Å². The molecule has 1 saturated heterocycles. The van der Waals surface area contributed by atoms with Crippen molar-refractivity contribution in [1.29, 1.82) is 0 Å². The zero-order valence-corrected chi connectivity index (χ0v) is 21.7. The number of hydrogen-bond donors (Lipinski definition) is 3. The summed E-state index contributed by atoms with van der Waals surface area (Å²) in [4.78, 5) is 36.5. The largest absolute Gasteiger partial charge is 0.491 e. The number of rotatable bonds is 8. The predicted molar refractivity (Wildman–Crippen MR) is 144 cm³/mol. The van der Waals surface area contributed by atoms with Crippen LogP contribution in [0, 0.1) is 3.57 Å². The first-order chi connectivity index (χ1) is 17.5. The Balaban J connectivity index is 1.51. The van der Waals surface area contributed by atoms with Crippen molar-refractivity contribution in [2.75, 3.05) is 13.2 Å². The minimum atomic E-state index is -0.819. The second kappa shape index (κ2) is 10.3. The maximum absolute atomic E-state index is 13.7.